The second-order valence-electron chi connectivity index (χ2n) is 3.90. The van der Waals surface area contributed by atoms with Crippen LogP contribution in [0.1, 0.15) is 23.3 Å². The quantitative estimate of drug-likeness (QED) is 0.661. The molecule has 4 nitrogen and oxygen atoms in total. The summed E-state index contributed by atoms with van der Waals surface area (Å²) in [5, 5.41) is 13.9. The molecule has 0 bridgehead atoms. The minimum absolute atomic E-state index is 0.665. The molecule has 0 atom stereocenters. The van der Waals surface area contributed by atoms with Gasteiger partial charge in [0.25, 0.3) is 0 Å². The molecule has 1 N–H and O–H groups in total. The van der Waals surface area contributed by atoms with Crippen molar-refractivity contribution in [3.8, 4) is 6.07 Å². The molecule has 1 aromatic rings. The lowest BCUT2D eigenvalue weighted by Crippen LogP contribution is -2.14. The van der Waals surface area contributed by atoms with Gasteiger partial charge in [-0.3, -0.25) is 0 Å². The molecular formula is C13H20N2O2S. The van der Waals surface area contributed by atoms with Crippen LogP contribution in [0, 0.1) is 11.3 Å². The maximum absolute atomic E-state index is 8.69. The van der Waals surface area contributed by atoms with Gasteiger partial charge < -0.3 is 14.8 Å². The number of methoxy groups -OCH3 is 1. The third-order valence-electron chi connectivity index (χ3n) is 2.41. The summed E-state index contributed by atoms with van der Waals surface area (Å²) >= 11 is 1.63. The van der Waals surface area contributed by atoms with E-state index in [0.29, 0.717) is 13.2 Å². The minimum Gasteiger partial charge on any atom is -0.382 e. The van der Waals surface area contributed by atoms with Crippen LogP contribution in [0.3, 0.4) is 0 Å². The van der Waals surface area contributed by atoms with E-state index in [1.165, 1.54) is 4.88 Å². The Morgan fingerprint density at radius 2 is 2.22 bits per heavy atom. The van der Waals surface area contributed by atoms with Crippen molar-refractivity contribution in [3.63, 3.8) is 0 Å². The van der Waals surface area contributed by atoms with Crippen molar-refractivity contribution in [2.24, 2.45) is 0 Å². The highest BCUT2D eigenvalue weighted by Gasteiger charge is 1.98. The molecule has 0 spiro atoms. The van der Waals surface area contributed by atoms with Crippen LogP contribution >= 0.6 is 11.3 Å². The molecule has 18 heavy (non-hydrogen) atoms. The topological polar surface area (TPSA) is 54.3 Å². The average Bonchev–Trinajstić information content (AvgIpc) is 2.85. The number of nitriles is 1. The Balaban J connectivity index is 1.91. The zero-order valence-corrected chi connectivity index (χ0v) is 11.6. The highest BCUT2D eigenvalue weighted by molar-refractivity contribution is 7.10. The van der Waals surface area contributed by atoms with Gasteiger partial charge in [-0.1, -0.05) is 0 Å². The lowest BCUT2D eigenvalue weighted by molar-refractivity contribution is 0.0688. The third-order valence-corrected chi connectivity index (χ3v) is 3.34. The number of hydrogen-bond donors (Lipinski definition) is 1. The van der Waals surface area contributed by atoms with E-state index in [9.17, 15) is 0 Å². The second kappa shape index (κ2) is 10.0. The SMILES string of the molecule is COCCOCCCCNCc1cc(C#N)cs1. The average molecular weight is 268 g/mol. The van der Waals surface area contributed by atoms with Crippen LogP contribution in [0.2, 0.25) is 0 Å². The van der Waals surface area contributed by atoms with Crippen molar-refractivity contribution in [2.45, 2.75) is 19.4 Å². The Labute approximate surface area is 113 Å². The molecule has 0 aliphatic carbocycles. The maximum atomic E-state index is 8.69. The van der Waals surface area contributed by atoms with E-state index >= 15 is 0 Å². The van der Waals surface area contributed by atoms with Crippen LogP contribution in [-0.2, 0) is 16.0 Å². The predicted molar refractivity (Wildman–Crippen MR) is 72.7 cm³/mol. The van der Waals surface area contributed by atoms with E-state index in [2.05, 4.69) is 11.4 Å². The Hall–Kier alpha value is -0.930. The summed E-state index contributed by atoms with van der Waals surface area (Å²) in [4.78, 5) is 1.21. The molecular weight excluding hydrogens is 248 g/mol. The van der Waals surface area contributed by atoms with Gasteiger partial charge in [-0.2, -0.15) is 5.26 Å². The molecule has 1 rings (SSSR count). The zero-order valence-electron chi connectivity index (χ0n) is 10.8. The van der Waals surface area contributed by atoms with Gasteiger partial charge in [0.2, 0.25) is 0 Å². The summed E-state index contributed by atoms with van der Waals surface area (Å²) in [5.74, 6) is 0. The van der Waals surface area contributed by atoms with Crippen LogP contribution in [0.15, 0.2) is 11.4 Å². The first-order valence-corrected chi connectivity index (χ1v) is 6.99. The van der Waals surface area contributed by atoms with Crippen molar-refractivity contribution in [1.29, 1.82) is 5.26 Å². The molecule has 0 aliphatic heterocycles. The fourth-order valence-electron chi connectivity index (χ4n) is 1.44. The summed E-state index contributed by atoms with van der Waals surface area (Å²) in [7, 11) is 1.68. The van der Waals surface area contributed by atoms with E-state index in [0.717, 1.165) is 38.1 Å². The monoisotopic (exact) mass is 268 g/mol. The molecule has 0 aromatic carbocycles. The van der Waals surface area contributed by atoms with Gasteiger partial charge in [-0.15, -0.1) is 11.3 Å². The van der Waals surface area contributed by atoms with Crippen molar-refractivity contribution in [2.75, 3.05) is 33.5 Å². The predicted octanol–water partition coefficient (Wildman–Crippen LogP) is 2.15. The van der Waals surface area contributed by atoms with E-state index in [1.807, 2.05) is 11.4 Å². The fourth-order valence-corrected chi connectivity index (χ4v) is 2.22. The second-order valence-corrected chi connectivity index (χ2v) is 4.90. The summed E-state index contributed by atoms with van der Waals surface area (Å²) in [6, 6.07) is 4.07. The molecule has 0 saturated carbocycles. The lowest BCUT2D eigenvalue weighted by Gasteiger charge is -2.04. The molecule has 100 valence electrons. The van der Waals surface area contributed by atoms with E-state index in [-0.39, 0.29) is 0 Å². The highest BCUT2D eigenvalue weighted by Crippen LogP contribution is 2.13. The van der Waals surface area contributed by atoms with Gasteiger partial charge >= 0.3 is 0 Å². The van der Waals surface area contributed by atoms with Crippen LogP contribution in [0.25, 0.3) is 0 Å². The molecule has 0 amide bonds. The normalized spacial score (nSPS) is 10.4. The number of unbranched alkanes of at least 4 members (excludes halogenated alkanes) is 1. The fraction of sp³-hybridized carbons (Fsp3) is 0.615. The molecule has 0 aliphatic rings. The van der Waals surface area contributed by atoms with Crippen LogP contribution in [0.4, 0.5) is 0 Å². The van der Waals surface area contributed by atoms with Gasteiger partial charge in [0.15, 0.2) is 0 Å². The van der Waals surface area contributed by atoms with E-state index in [1.54, 1.807) is 18.4 Å². The standard InChI is InChI=1S/C13H20N2O2S/c1-16-6-7-17-5-3-2-4-15-10-13-8-12(9-14)11-18-13/h8,11,15H,2-7,10H2,1H3. The van der Waals surface area contributed by atoms with Gasteiger partial charge in [0, 0.05) is 30.5 Å². The summed E-state index contributed by atoms with van der Waals surface area (Å²) in [6.45, 7) is 3.96. The van der Waals surface area contributed by atoms with Gasteiger partial charge in [-0.05, 0) is 25.5 Å². The Bertz CT molecular complexity index is 360. The summed E-state index contributed by atoms with van der Waals surface area (Å²) in [5.41, 5.74) is 0.753. The summed E-state index contributed by atoms with van der Waals surface area (Å²) in [6.07, 6.45) is 2.16. The molecule has 0 unspecified atom stereocenters. The van der Waals surface area contributed by atoms with Crippen molar-refractivity contribution in [1.82, 2.24) is 5.32 Å². The maximum Gasteiger partial charge on any atom is 0.100 e. The minimum atomic E-state index is 0.665. The van der Waals surface area contributed by atoms with E-state index < -0.39 is 0 Å². The highest BCUT2D eigenvalue weighted by atomic mass is 32.1. The molecule has 5 heteroatoms. The lowest BCUT2D eigenvalue weighted by atomic mass is 10.3. The Morgan fingerprint density at radius 3 is 2.94 bits per heavy atom. The number of nitrogens with zero attached hydrogens (tertiary/aromatic N) is 1. The van der Waals surface area contributed by atoms with Gasteiger partial charge in [0.1, 0.15) is 6.07 Å². The molecule has 1 aromatic heterocycles. The first-order valence-electron chi connectivity index (χ1n) is 6.11. The molecule has 0 fully saturated rings. The molecule has 1 heterocycles. The largest absolute Gasteiger partial charge is 0.382 e. The van der Waals surface area contributed by atoms with Crippen molar-refractivity contribution in [3.05, 3.63) is 21.9 Å². The van der Waals surface area contributed by atoms with Crippen LogP contribution < -0.4 is 5.32 Å². The van der Waals surface area contributed by atoms with Gasteiger partial charge in [0.05, 0.1) is 18.8 Å². The number of rotatable bonds is 10. The number of hydrogen-bond acceptors (Lipinski definition) is 5. The zero-order chi connectivity index (χ0) is 13.1. The van der Waals surface area contributed by atoms with Crippen LogP contribution in [0.5, 0.6) is 0 Å². The smallest absolute Gasteiger partial charge is 0.100 e. The van der Waals surface area contributed by atoms with Gasteiger partial charge in [-0.25, -0.2) is 0 Å². The Morgan fingerprint density at radius 1 is 1.33 bits per heavy atom. The number of nitrogens with one attached hydrogen (secondary N) is 1. The third kappa shape index (κ3) is 6.72. The molecule has 0 saturated heterocycles. The Kier molecular flexibility index (Phi) is 8.43. The number of ether oxygens (including phenoxy) is 2. The number of thiophene rings is 1. The van der Waals surface area contributed by atoms with Crippen LogP contribution in [-0.4, -0.2) is 33.5 Å². The van der Waals surface area contributed by atoms with Crippen molar-refractivity contribution >= 4 is 11.3 Å². The first kappa shape index (κ1) is 15.1. The van der Waals surface area contributed by atoms with Crippen molar-refractivity contribution < 1.29 is 9.47 Å². The van der Waals surface area contributed by atoms with E-state index in [4.69, 9.17) is 14.7 Å². The summed E-state index contributed by atoms with van der Waals surface area (Å²) < 4.78 is 10.3. The first-order chi connectivity index (χ1) is 8.86. The molecule has 0 radical (unpaired) electrons.